The molecule has 1 N–H and O–H groups in total. The molecule has 1 aliphatic rings. The van der Waals surface area contributed by atoms with Gasteiger partial charge in [-0.2, -0.15) is 5.26 Å². The molecule has 1 aromatic carbocycles. The van der Waals surface area contributed by atoms with E-state index in [1.54, 1.807) is 24.8 Å². The average molecular weight is 381 g/mol. The summed E-state index contributed by atoms with van der Waals surface area (Å²) in [4.78, 5) is 34.6. The Morgan fingerprint density at radius 3 is 2.81 bits per heavy atom. The Balaban J connectivity index is 1.71. The van der Waals surface area contributed by atoms with Crippen LogP contribution in [-0.4, -0.2) is 34.1 Å². The Hall–Kier alpha value is -2.92. The van der Waals surface area contributed by atoms with Gasteiger partial charge in [-0.05, 0) is 32.4 Å². The third-order valence-electron chi connectivity index (χ3n) is 4.16. The first-order valence-electron chi connectivity index (χ1n) is 8.57. The van der Waals surface area contributed by atoms with Crippen LogP contribution in [0.3, 0.4) is 0 Å². The number of hydrogen-bond donors (Lipinski definition) is 1. The summed E-state index contributed by atoms with van der Waals surface area (Å²) in [6, 6.07) is 9.37. The highest BCUT2D eigenvalue weighted by molar-refractivity contribution is 8.00. The fraction of sp³-hybridized carbons (Fsp3) is 0.316. The summed E-state index contributed by atoms with van der Waals surface area (Å²) >= 11 is 1.20. The minimum Gasteiger partial charge on any atom is -0.324 e. The average Bonchev–Trinajstić information content (AvgIpc) is 3.06. The number of amides is 2. The Kier molecular flexibility index (Phi) is 5.72. The van der Waals surface area contributed by atoms with Crippen LogP contribution in [0.2, 0.25) is 0 Å². The van der Waals surface area contributed by atoms with Crippen LogP contribution in [0.25, 0.3) is 0 Å². The normalized spacial score (nSPS) is 13.5. The van der Waals surface area contributed by atoms with Gasteiger partial charge in [0.25, 0.3) is 0 Å². The van der Waals surface area contributed by atoms with Crippen molar-refractivity contribution in [1.82, 2.24) is 9.97 Å². The van der Waals surface area contributed by atoms with Crippen molar-refractivity contribution in [3.63, 3.8) is 0 Å². The van der Waals surface area contributed by atoms with Crippen LogP contribution in [0.4, 0.5) is 11.4 Å². The molecule has 0 bridgehead atoms. The second kappa shape index (κ2) is 8.18. The molecule has 138 valence electrons. The lowest BCUT2D eigenvalue weighted by Crippen LogP contribution is -2.26. The smallest absolute Gasteiger partial charge is 0.234 e. The number of carbonyl (C=O) groups excluding carboxylic acids is 2. The first-order chi connectivity index (χ1) is 13.0. The fourth-order valence-corrected chi connectivity index (χ4v) is 3.83. The third-order valence-corrected chi connectivity index (χ3v) is 5.14. The quantitative estimate of drug-likeness (QED) is 0.632. The predicted molar refractivity (Wildman–Crippen MR) is 104 cm³/mol. The maximum absolute atomic E-state index is 12.4. The number of thioether (sulfide) groups is 1. The van der Waals surface area contributed by atoms with Gasteiger partial charge < -0.3 is 10.2 Å². The number of benzene rings is 1. The first kappa shape index (κ1) is 18.9. The van der Waals surface area contributed by atoms with Gasteiger partial charge in [-0.3, -0.25) is 9.59 Å². The van der Waals surface area contributed by atoms with E-state index in [4.69, 9.17) is 0 Å². The number of nitrogens with one attached hydrogen (secondary N) is 1. The number of hydrogen-bond acceptors (Lipinski definition) is 6. The second-order valence-electron chi connectivity index (χ2n) is 6.15. The highest BCUT2D eigenvalue weighted by atomic mass is 32.2. The molecule has 0 saturated carbocycles. The summed E-state index contributed by atoms with van der Waals surface area (Å²) in [5.41, 5.74) is 2.31. The van der Waals surface area contributed by atoms with Crippen LogP contribution in [0.5, 0.6) is 0 Å². The molecule has 7 nitrogen and oxygen atoms in total. The largest absolute Gasteiger partial charge is 0.324 e. The van der Waals surface area contributed by atoms with E-state index in [2.05, 4.69) is 21.4 Å². The van der Waals surface area contributed by atoms with E-state index in [1.165, 1.54) is 11.8 Å². The Morgan fingerprint density at radius 1 is 1.33 bits per heavy atom. The zero-order valence-corrected chi connectivity index (χ0v) is 16.0. The van der Waals surface area contributed by atoms with Crippen molar-refractivity contribution in [2.45, 2.75) is 31.7 Å². The molecule has 1 fully saturated rings. The number of aryl methyl sites for hydroxylation is 2. The van der Waals surface area contributed by atoms with Crippen LogP contribution < -0.4 is 10.2 Å². The zero-order chi connectivity index (χ0) is 19.4. The van der Waals surface area contributed by atoms with E-state index in [9.17, 15) is 14.9 Å². The van der Waals surface area contributed by atoms with Gasteiger partial charge in [0.2, 0.25) is 11.8 Å². The molecule has 3 rings (SSSR count). The molecular weight excluding hydrogens is 362 g/mol. The number of rotatable bonds is 5. The molecule has 1 aliphatic heterocycles. The highest BCUT2D eigenvalue weighted by Crippen LogP contribution is 2.30. The zero-order valence-electron chi connectivity index (χ0n) is 15.2. The molecule has 0 spiro atoms. The minimum atomic E-state index is -0.225. The van der Waals surface area contributed by atoms with Crippen molar-refractivity contribution >= 4 is 35.0 Å². The third kappa shape index (κ3) is 4.26. The van der Waals surface area contributed by atoms with Crippen molar-refractivity contribution in [3.8, 4) is 6.07 Å². The summed E-state index contributed by atoms with van der Waals surface area (Å²) in [7, 11) is 0. The Morgan fingerprint density at radius 2 is 2.11 bits per heavy atom. The van der Waals surface area contributed by atoms with E-state index >= 15 is 0 Å². The van der Waals surface area contributed by atoms with E-state index < -0.39 is 0 Å². The number of para-hydroxylation sites is 2. The summed E-state index contributed by atoms with van der Waals surface area (Å²) in [5.74, 6) is 0.508. The van der Waals surface area contributed by atoms with Gasteiger partial charge in [0.15, 0.2) is 0 Å². The van der Waals surface area contributed by atoms with E-state index in [-0.39, 0.29) is 17.6 Å². The van der Waals surface area contributed by atoms with E-state index in [1.807, 2.05) is 18.2 Å². The number of nitrogens with zero attached hydrogens (tertiary/aromatic N) is 4. The van der Waals surface area contributed by atoms with Gasteiger partial charge in [0, 0.05) is 13.0 Å². The van der Waals surface area contributed by atoms with E-state index in [0.717, 1.165) is 6.42 Å². The van der Waals surface area contributed by atoms with Crippen molar-refractivity contribution < 1.29 is 9.59 Å². The molecule has 0 atom stereocenters. The van der Waals surface area contributed by atoms with Crippen LogP contribution in [0, 0.1) is 25.2 Å². The molecule has 2 heterocycles. The standard InChI is InChI=1S/C19H19N5O2S/c1-12-14(10-20)19(22-13(2)21-12)27-11-17(25)23-15-6-3-4-7-16(15)24-9-5-8-18(24)26/h3-4,6-7H,5,8-9,11H2,1-2H3,(H,23,25). The van der Waals surface area contributed by atoms with Crippen LogP contribution >= 0.6 is 11.8 Å². The summed E-state index contributed by atoms with van der Waals surface area (Å²) < 4.78 is 0. The molecule has 1 aromatic heterocycles. The van der Waals surface area contributed by atoms with Gasteiger partial charge in [-0.25, -0.2) is 9.97 Å². The molecule has 0 aliphatic carbocycles. The Bertz CT molecular complexity index is 938. The van der Waals surface area contributed by atoms with Gasteiger partial charge >= 0.3 is 0 Å². The van der Waals surface area contributed by atoms with Crippen molar-refractivity contribution in [1.29, 1.82) is 5.26 Å². The van der Waals surface area contributed by atoms with Gasteiger partial charge in [-0.1, -0.05) is 23.9 Å². The number of anilines is 2. The predicted octanol–water partition coefficient (Wildman–Crippen LogP) is 2.82. The molecule has 1 saturated heterocycles. The van der Waals surface area contributed by atoms with E-state index in [0.29, 0.717) is 46.4 Å². The number of carbonyl (C=O) groups is 2. The second-order valence-corrected chi connectivity index (χ2v) is 7.12. The lowest BCUT2D eigenvalue weighted by atomic mass is 10.2. The maximum Gasteiger partial charge on any atom is 0.234 e. The summed E-state index contributed by atoms with van der Waals surface area (Å²) in [6.07, 6.45) is 1.35. The summed E-state index contributed by atoms with van der Waals surface area (Å²) in [5, 5.41) is 12.7. The van der Waals surface area contributed by atoms with Crippen molar-refractivity contribution in [2.75, 3.05) is 22.5 Å². The molecule has 0 radical (unpaired) electrons. The SMILES string of the molecule is Cc1nc(C)c(C#N)c(SCC(=O)Nc2ccccc2N2CCCC2=O)n1. The van der Waals surface area contributed by atoms with Gasteiger partial charge in [0.05, 0.1) is 22.8 Å². The van der Waals surface area contributed by atoms with Crippen LogP contribution in [-0.2, 0) is 9.59 Å². The number of aromatic nitrogens is 2. The summed E-state index contributed by atoms with van der Waals surface area (Å²) in [6.45, 7) is 4.16. The minimum absolute atomic E-state index is 0.0664. The topological polar surface area (TPSA) is 99.0 Å². The van der Waals surface area contributed by atoms with Crippen LogP contribution in [0.15, 0.2) is 29.3 Å². The molecular formula is C19H19N5O2S. The first-order valence-corrected chi connectivity index (χ1v) is 9.55. The molecule has 0 unspecified atom stereocenters. The van der Waals surface area contributed by atoms with Crippen LogP contribution in [0.1, 0.15) is 29.9 Å². The molecule has 27 heavy (non-hydrogen) atoms. The van der Waals surface area contributed by atoms with Gasteiger partial charge in [-0.15, -0.1) is 0 Å². The molecule has 8 heteroatoms. The van der Waals surface area contributed by atoms with Gasteiger partial charge in [0.1, 0.15) is 22.5 Å². The number of nitriles is 1. The lowest BCUT2D eigenvalue weighted by Gasteiger charge is -2.19. The highest BCUT2D eigenvalue weighted by Gasteiger charge is 2.24. The van der Waals surface area contributed by atoms with Crippen molar-refractivity contribution in [3.05, 3.63) is 41.3 Å². The maximum atomic E-state index is 12.4. The molecule has 2 aromatic rings. The lowest BCUT2D eigenvalue weighted by molar-refractivity contribution is -0.117. The monoisotopic (exact) mass is 381 g/mol. The fourth-order valence-electron chi connectivity index (χ4n) is 2.95. The molecule has 2 amide bonds. The Labute approximate surface area is 161 Å². The van der Waals surface area contributed by atoms with Crippen molar-refractivity contribution in [2.24, 2.45) is 0 Å².